The van der Waals surface area contributed by atoms with Gasteiger partial charge in [-0.25, -0.2) is 19.9 Å². The van der Waals surface area contributed by atoms with Crippen molar-refractivity contribution in [2.45, 2.75) is 0 Å². The topological polar surface area (TPSA) is 157 Å². The van der Waals surface area contributed by atoms with E-state index in [4.69, 9.17) is 44.9 Å². The van der Waals surface area contributed by atoms with Crippen molar-refractivity contribution in [2.75, 3.05) is 0 Å². The summed E-state index contributed by atoms with van der Waals surface area (Å²) in [4.78, 5) is 52.4. The molecule has 0 atom stereocenters. The van der Waals surface area contributed by atoms with Crippen LogP contribution in [0.1, 0.15) is 0 Å². The summed E-state index contributed by atoms with van der Waals surface area (Å²) in [5.74, 6) is 2.60. The summed E-state index contributed by atoms with van der Waals surface area (Å²) in [6, 6.07) is 133. The van der Waals surface area contributed by atoms with Crippen molar-refractivity contribution >= 4 is 141 Å². The Hall–Kier alpha value is -18.3. The molecule has 0 N–H and O–H groups in total. The van der Waals surface area contributed by atoms with Crippen LogP contribution in [0.5, 0.6) is 0 Å². The molecule has 27 rings (SSSR count). The normalized spacial score (nSPS) is 11.6. The van der Waals surface area contributed by atoms with E-state index in [0.717, 1.165) is 173 Å². The zero-order chi connectivity index (χ0) is 87.8. The van der Waals surface area contributed by atoms with Gasteiger partial charge in [-0.2, -0.15) is 0 Å². The molecule has 620 valence electrons. The second kappa shape index (κ2) is 32.5. The summed E-state index contributed by atoms with van der Waals surface area (Å²) < 4.78 is 6.80. The molecule has 14 heterocycles. The van der Waals surface area contributed by atoms with Gasteiger partial charge in [-0.05, 0) is 206 Å². The van der Waals surface area contributed by atoms with E-state index in [1.165, 1.54) is 75.4 Å². The number of nitrogens with zero attached hydrogens (tertiary/aromatic N) is 14. The van der Waals surface area contributed by atoms with Crippen LogP contribution in [0.4, 0.5) is 0 Å². The number of aromatic nitrogens is 14. The minimum atomic E-state index is 0.858. The van der Waals surface area contributed by atoms with Crippen molar-refractivity contribution in [3.8, 4) is 107 Å². The average molecular weight is 1700 g/mol. The summed E-state index contributed by atoms with van der Waals surface area (Å²) >= 11 is 0. The molecule has 0 bridgehead atoms. The van der Waals surface area contributed by atoms with Crippen molar-refractivity contribution in [1.29, 1.82) is 0 Å². The zero-order valence-electron chi connectivity index (χ0n) is 71.5. The largest absolute Gasteiger partial charge is 0.294 e. The van der Waals surface area contributed by atoms with Crippen molar-refractivity contribution in [2.24, 2.45) is 0 Å². The van der Waals surface area contributed by atoms with Crippen LogP contribution in [0, 0.1) is 0 Å². The first-order valence-corrected chi connectivity index (χ1v) is 44.4. The minimum absolute atomic E-state index is 0.858. The molecule has 27 aromatic rings. The highest BCUT2D eigenvalue weighted by atomic mass is 15.1. The van der Waals surface area contributed by atoms with Crippen LogP contribution in [-0.4, -0.2) is 68.5 Å². The van der Waals surface area contributed by atoms with Gasteiger partial charge in [-0.3, -0.25) is 48.6 Å². The standard InChI is InChI=1S/2C40H25N5.C39H24N4/c1-3-9-31-26(7-1)13-18-37-39(31)33-23-28(29-12-16-35(43-24-29)34-11-5-6-21-41-34)14-17-36(33)45(37)38-19-15-30(25-44-38)40-32-10-4-2-8-27(32)20-22-42-40;1-3-9-32-26(6-1)12-17-37-39(32)34-22-28(35-15-11-30(24-43-35)29-8-5-20-41-23-29)13-16-36(34)45(37)38-18-14-31(25-44-38)40-33-10-4-2-7-27(33)19-21-42-40;1-4-10-30-25(7-1)14-19-36-38(30)32-23-28(34-17-13-27-9-3-6-12-33(27)42-34)15-18-35(32)43(36)37-20-16-29(24-41-37)39-31-11-5-2-8-26(31)21-22-40-39/h2*1-25H;1-24H. The number of hydrogen-bond acceptors (Lipinski definition) is 11. The van der Waals surface area contributed by atoms with Gasteiger partial charge in [0.05, 0.1) is 78.5 Å². The Morgan fingerprint density at radius 3 is 0.925 bits per heavy atom. The monoisotopic (exact) mass is 1700 g/mol. The van der Waals surface area contributed by atoms with Crippen molar-refractivity contribution in [1.82, 2.24) is 68.5 Å². The fourth-order valence-electron chi connectivity index (χ4n) is 19.4. The number of pyridine rings is 11. The molecule has 0 aliphatic carbocycles. The second-order valence-corrected chi connectivity index (χ2v) is 33.3. The zero-order valence-corrected chi connectivity index (χ0v) is 71.5. The maximum absolute atomic E-state index is 5.01. The summed E-state index contributed by atoms with van der Waals surface area (Å²) in [6.45, 7) is 0. The summed E-state index contributed by atoms with van der Waals surface area (Å²) in [5.41, 5.74) is 23.5. The van der Waals surface area contributed by atoms with Gasteiger partial charge < -0.3 is 0 Å². The van der Waals surface area contributed by atoms with Gasteiger partial charge in [0.2, 0.25) is 0 Å². The van der Waals surface area contributed by atoms with Crippen LogP contribution >= 0.6 is 0 Å². The molecule has 0 unspecified atom stereocenters. The Kier molecular flexibility index (Phi) is 18.9. The number of para-hydroxylation sites is 1. The summed E-state index contributed by atoms with van der Waals surface area (Å²) in [6.07, 6.45) is 20.7. The molecule has 0 spiro atoms. The molecule has 0 aliphatic heterocycles. The summed E-state index contributed by atoms with van der Waals surface area (Å²) in [5, 5.41) is 22.5. The fourth-order valence-corrected chi connectivity index (χ4v) is 19.4. The molecule has 14 nitrogen and oxygen atoms in total. The Labute approximate surface area is 762 Å². The first-order chi connectivity index (χ1) is 65.9. The Morgan fingerprint density at radius 1 is 0.165 bits per heavy atom. The highest BCUT2D eigenvalue weighted by Gasteiger charge is 2.23. The Bertz CT molecular complexity index is 8870. The average Bonchev–Trinajstić information content (AvgIpc) is 1.58. The third kappa shape index (κ3) is 13.7. The minimum Gasteiger partial charge on any atom is -0.294 e. The molecule has 0 saturated heterocycles. The van der Waals surface area contributed by atoms with Crippen LogP contribution in [0.2, 0.25) is 0 Å². The quantitative estimate of drug-likeness (QED) is 0.121. The molecule has 0 fully saturated rings. The van der Waals surface area contributed by atoms with Crippen molar-refractivity contribution in [3.63, 3.8) is 0 Å². The Morgan fingerprint density at radius 2 is 0.504 bits per heavy atom. The van der Waals surface area contributed by atoms with Gasteiger partial charge >= 0.3 is 0 Å². The molecule has 0 amide bonds. The predicted octanol–water partition coefficient (Wildman–Crippen LogP) is 29.1. The second-order valence-electron chi connectivity index (χ2n) is 33.3. The predicted molar refractivity (Wildman–Crippen MR) is 544 cm³/mol. The maximum atomic E-state index is 5.01. The van der Waals surface area contributed by atoms with E-state index in [2.05, 4.69) is 351 Å². The van der Waals surface area contributed by atoms with Crippen LogP contribution in [-0.2, 0) is 0 Å². The van der Waals surface area contributed by atoms with E-state index in [-0.39, 0.29) is 0 Å². The van der Waals surface area contributed by atoms with E-state index in [0.29, 0.717) is 0 Å². The maximum Gasteiger partial charge on any atom is 0.137 e. The smallest absolute Gasteiger partial charge is 0.137 e. The first kappa shape index (κ1) is 77.1. The molecule has 133 heavy (non-hydrogen) atoms. The molecule has 0 radical (unpaired) electrons. The lowest BCUT2D eigenvalue weighted by molar-refractivity contribution is 1.08. The van der Waals surface area contributed by atoms with Gasteiger partial charge in [0.25, 0.3) is 0 Å². The molecular formula is C119H74N14. The third-order valence-corrected chi connectivity index (χ3v) is 25.7. The van der Waals surface area contributed by atoms with Gasteiger partial charge in [-0.1, -0.05) is 231 Å². The van der Waals surface area contributed by atoms with Crippen LogP contribution in [0.15, 0.2) is 450 Å². The lowest BCUT2D eigenvalue weighted by Crippen LogP contribution is -1.98. The van der Waals surface area contributed by atoms with Gasteiger partial charge in [0, 0.05) is 167 Å². The van der Waals surface area contributed by atoms with E-state index in [9.17, 15) is 0 Å². The molecule has 13 aromatic carbocycles. The van der Waals surface area contributed by atoms with E-state index >= 15 is 0 Å². The molecular weight excluding hydrogens is 1630 g/mol. The van der Waals surface area contributed by atoms with Crippen LogP contribution < -0.4 is 0 Å². The van der Waals surface area contributed by atoms with Crippen LogP contribution in [0.25, 0.3) is 248 Å². The molecule has 14 heteroatoms. The lowest BCUT2D eigenvalue weighted by atomic mass is 10.0. The third-order valence-electron chi connectivity index (χ3n) is 25.7. The van der Waals surface area contributed by atoms with Gasteiger partial charge in [0.1, 0.15) is 17.5 Å². The van der Waals surface area contributed by atoms with E-state index in [1.54, 1.807) is 12.4 Å². The molecule has 0 saturated carbocycles. The number of fused-ring (bicyclic) bond motifs is 19. The fraction of sp³-hybridized carbons (Fsp3) is 0. The molecule has 14 aromatic heterocycles. The van der Waals surface area contributed by atoms with Crippen LogP contribution in [0.3, 0.4) is 0 Å². The van der Waals surface area contributed by atoms with Crippen molar-refractivity contribution < 1.29 is 0 Å². The highest BCUT2D eigenvalue weighted by Crippen LogP contribution is 2.45. The van der Waals surface area contributed by atoms with E-state index in [1.807, 2.05) is 110 Å². The Balaban J connectivity index is 0.000000107. The SMILES string of the molecule is c1ccc(-c2ccc(-c3ccc4c(c3)c3c5ccccc5ccc3n4-c3ccc(-c4nccc5ccccc45)cn3)cn2)nc1.c1ccc2nc(-c3ccc4c(c3)c3c5ccccc5ccc3n4-c3ccc(-c4nccc5ccccc45)cn3)ccc2c1.c1cncc(-c2ccc(-c3ccc4c(c3)c3c5ccccc5ccc3n4-c3ccc(-c4nccc5ccccc45)cn3)nc2)c1. The lowest BCUT2D eigenvalue weighted by Gasteiger charge is -2.10. The van der Waals surface area contributed by atoms with E-state index < -0.39 is 0 Å². The highest BCUT2D eigenvalue weighted by molar-refractivity contribution is 6.25. The first-order valence-electron chi connectivity index (χ1n) is 44.4. The van der Waals surface area contributed by atoms with Gasteiger partial charge in [-0.15, -0.1) is 0 Å². The number of rotatable bonds is 11. The summed E-state index contributed by atoms with van der Waals surface area (Å²) in [7, 11) is 0. The number of benzene rings is 13. The number of hydrogen-bond donors (Lipinski definition) is 0. The molecule has 0 aliphatic rings. The van der Waals surface area contributed by atoms with Gasteiger partial charge in [0.15, 0.2) is 0 Å². The van der Waals surface area contributed by atoms with Crippen molar-refractivity contribution in [3.05, 3.63) is 450 Å².